The summed E-state index contributed by atoms with van der Waals surface area (Å²) in [6, 6.07) is 30.2. The van der Waals surface area contributed by atoms with Gasteiger partial charge in [0.1, 0.15) is 5.75 Å². The Morgan fingerprint density at radius 3 is 1.68 bits per heavy atom. The smallest absolute Gasteiger partial charge is 0.166 e. The second-order valence-corrected chi connectivity index (χ2v) is 14.2. The molecule has 0 saturated heterocycles. The molecule has 4 heteroatoms. The molecule has 0 atom stereocenters. The second-order valence-electron chi connectivity index (χ2n) is 12.2. The lowest BCUT2D eigenvalue weighted by molar-refractivity contribution is -0.327. The number of carboxylic acids is 1. The first-order valence-corrected chi connectivity index (χ1v) is 16.6. The van der Waals surface area contributed by atoms with Crippen LogP contribution in [-0.4, -0.2) is 12.6 Å². The van der Waals surface area contributed by atoms with Crippen LogP contribution in [0.5, 0.6) is 5.75 Å². The highest BCUT2D eigenvalue weighted by Gasteiger charge is 2.51. The first kappa shape index (κ1) is 28.8. The summed E-state index contributed by atoms with van der Waals surface area (Å²) in [6.07, 6.45) is 13.0. The second kappa shape index (κ2) is 13.8. The highest BCUT2D eigenvalue weighted by molar-refractivity contribution is 7.97. The van der Waals surface area contributed by atoms with Gasteiger partial charge >= 0.3 is 0 Å². The van der Waals surface area contributed by atoms with Crippen LogP contribution >= 0.6 is 0 Å². The Labute approximate surface area is 243 Å². The van der Waals surface area contributed by atoms with Gasteiger partial charge in [0.05, 0.1) is 17.5 Å². The quantitative estimate of drug-likeness (QED) is 0.177. The van der Waals surface area contributed by atoms with Crippen LogP contribution in [0.2, 0.25) is 0 Å². The van der Waals surface area contributed by atoms with Crippen molar-refractivity contribution in [2.75, 3.05) is 6.61 Å². The number of ether oxygens (including phenoxy) is 1. The van der Waals surface area contributed by atoms with E-state index in [2.05, 4.69) is 91.9 Å². The molecule has 4 aliphatic rings. The van der Waals surface area contributed by atoms with Crippen molar-refractivity contribution in [3.63, 3.8) is 0 Å². The summed E-state index contributed by atoms with van der Waals surface area (Å²) in [7, 11) is -0.0896. The van der Waals surface area contributed by atoms with Crippen molar-refractivity contribution in [1.82, 2.24) is 0 Å². The molecule has 4 bridgehead atoms. The molecule has 212 valence electrons. The van der Waals surface area contributed by atoms with Gasteiger partial charge in [-0.25, -0.2) is 0 Å². The Morgan fingerprint density at radius 1 is 0.725 bits per heavy atom. The molecule has 0 spiro atoms. The average molecular weight is 557 g/mol. The highest BCUT2D eigenvalue weighted by atomic mass is 32.2. The minimum absolute atomic E-state index is 0.0896. The number of hydrogen-bond acceptors (Lipinski definition) is 3. The Hall–Kier alpha value is -2.72. The SMILES string of the molecule is CCCCCCCOc1ccc([S+](c2ccccc2)c2ccccc2)cc1.O=C([O-])C12CC3CC(CC(C3)C1)C2. The van der Waals surface area contributed by atoms with Gasteiger partial charge in [0.15, 0.2) is 14.7 Å². The molecule has 4 aliphatic carbocycles. The lowest BCUT2D eigenvalue weighted by atomic mass is 9.49. The van der Waals surface area contributed by atoms with Crippen LogP contribution in [0.1, 0.15) is 77.6 Å². The summed E-state index contributed by atoms with van der Waals surface area (Å²) < 4.78 is 5.94. The van der Waals surface area contributed by atoms with E-state index < -0.39 is 11.4 Å². The summed E-state index contributed by atoms with van der Waals surface area (Å²) in [4.78, 5) is 15.1. The van der Waals surface area contributed by atoms with E-state index in [9.17, 15) is 9.90 Å². The zero-order chi connectivity index (χ0) is 27.8. The number of benzene rings is 3. The summed E-state index contributed by atoms with van der Waals surface area (Å²) in [6.45, 7) is 3.06. The molecule has 0 aliphatic heterocycles. The van der Waals surface area contributed by atoms with Crippen LogP contribution in [-0.2, 0) is 15.7 Å². The van der Waals surface area contributed by atoms with Crippen molar-refractivity contribution in [2.24, 2.45) is 23.2 Å². The van der Waals surface area contributed by atoms with Gasteiger partial charge in [-0.1, -0.05) is 69.0 Å². The molecule has 0 radical (unpaired) electrons. The number of hydrogen-bond donors (Lipinski definition) is 0. The van der Waals surface area contributed by atoms with Gasteiger partial charge in [0, 0.05) is 11.4 Å². The summed E-state index contributed by atoms with van der Waals surface area (Å²) in [5.41, 5.74) is -0.394. The summed E-state index contributed by atoms with van der Waals surface area (Å²) >= 11 is 0. The number of aliphatic carboxylic acids is 1. The number of carbonyl (C=O) groups excluding carboxylic acids is 1. The molecule has 4 fully saturated rings. The summed E-state index contributed by atoms with van der Waals surface area (Å²) in [5.74, 6) is 2.35. The van der Waals surface area contributed by atoms with E-state index in [0.29, 0.717) is 17.8 Å². The van der Waals surface area contributed by atoms with E-state index in [1.54, 1.807) is 0 Å². The number of carbonyl (C=O) groups is 1. The molecule has 0 heterocycles. The maximum Gasteiger partial charge on any atom is 0.166 e. The molecule has 3 aromatic rings. The van der Waals surface area contributed by atoms with Crippen molar-refractivity contribution in [1.29, 1.82) is 0 Å². The maximum absolute atomic E-state index is 11.1. The van der Waals surface area contributed by atoms with Crippen LogP contribution in [0.15, 0.2) is 99.6 Å². The van der Waals surface area contributed by atoms with E-state index in [0.717, 1.165) is 38.0 Å². The van der Waals surface area contributed by atoms with Gasteiger partial charge in [-0.3, -0.25) is 0 Å². The molecule has 0 amide bonds. The molecular formula is C36H44O3S. The molecule has 0 unspecified atom stereocenters. The van der Waals surface area contributed by atoms with E-state index in [1.165, 1.54) is 59.6 Å². The molecule has 3 aromatic carbocycles. The van der Waals surface area contributed by atoms with Crippen LogP contribution in [0.3, 0.4) is 0 Å². The van der Waals surface area contributed by atoms with Gasteiger partial charge in [-0.2, -0.15) is 0 Å². The van der Waals surface area contributed by atoms with Crippen molar-refractivity contribution in [3.8, 4) is 5.75 Å². The Morgan fingerprint density at radius 2 is 1.20 bits per heavy atom. The predicted molar refractivity (Wildman–Crippen MR) is 161 cm³/mol. The first-order valence-electron chi connectivity index (χ1n) is 15.3. The normalized spacial score (nSPS) is 24.4. The minimum Gasteiger partial charge on any atom is -0.550 e. The van der Waals surface area contributed by atoms with Crippen molar-refractivity contribution < 1.29 is 14.6 Å². The standard InChI is InChI=1S/C25H29OS.C11H16O2/c1-2-3-4-5-12-21-26-22-17-19-25(20-18-22)27(23-13-8-6-9-14-23)24-15-10-7-11-16-24;12-10(13)11-4-7-1-8(5-11)3-9(2-7)6-11/h6-11,13-20H,2-5,12,21H2,1H3;7-9H,1-6H2,(H,12,13)/q+1;/p-1. The zero-order valence-electron chi connectivity index (χ0n) is 23.9. The fourth-order valence-electron chi connectivity index (χ4n) is 7.45. The highest BCUT2D eigenvalue weighted by Crippen LogP contribution is 2.59. The predicted octanol–water partition coefficient (Wildman–Crippen LogP) is 8.08. The number of unbranched alkanes of at least 4 members (excludes halogenated alkanes) is 4. The third kappa shape index (κ3) is 7.13. The van der Waals surface area contributed by atoms with Gasteiger partial charge < -0.3 is 14.6 Å². The molecule has 0 aromatic heterocycles. The third-order valence-corrected chi connectivity index (χ3v) is 11.2. The monoisotopic (exact) mass is 556 g/mol. The molecule has 0 N–H and O–H groups in total. The van der Waals surface area contributed by atoms with Gasteiger partial charge in [-0.05, 0) is 111 Å². The molecule has 4 saturated carbocycles. The number of rotatable bonds is 11. The Balaban J connectivity index is 0.000000204. The molecule has 7 rings (SSSR count). The summed E-state index contributed by atoms with van der Waals surface area (Å²) in [5, 5.41) is 11.1. The zero-order valence-corrected chi connectivity index (χ0v) is 24.7. The van der Waals surface area contributed by atoms with Crippen molar-refractivity contribution >= 4 is 16.9 Å². The topological polar surface area (TPSA) is 49.4 Å². The largest absolute Gasteiger partial charge is 0.550 e. The van der Waals surface area contributed by atoms with E-state index in [1.807, 2.05) is 0 Å². The Kier molecular flexibility index (Phi) is 9.91. The lowest BCUT2D eigenvalue weighted by Gasteiger charge is -2.57. The molecule has 3 nitrogen and oxygen atoms in total. The maximum atomic E-state index is 11.1. The van der Waals surface area contributed by atoms with E-state index >= 15 is 0 Å². The van der Waals surface area contributed by atoms with Crippen LogP contribution in [0.25, 0.3) is 0 Å². The van der Waals surface area contributed by atoms with Gasteiger partial charge in [0.2, 0.25) is 0 Å². The van der Waals surface area contributed by atoms with Crippen molar-refractivity contribution in [3.05, 3.63) is 84.9 Å². The molecule has 40 heavy (non-hydrogen) atoms. The van der Waals surface area contributed by atoms with Gasteiger partial charge in [0.25, 0.3) is 0 Å². The average Bonchev–Trinajstić information content (AvgIpc) is 2.97. The van der Waals surface area contributed by atoms with Crippen LogP contribution in [0, 0.1) is 23.2 Å². The lowest BCUT2D eigenvalue weighted by Crippen LogP contribution is -2.54. The minimum atomic E-state index is -0.758. The molecular weight excluding hydrogens is 512 g/mol. The number of carboxylic acid groups (broad SMARTS) is 1. The van der Waals surface area contributed by atoms with Crippen LogP contribution < -0.4 is 9.84 Å². The first-order chi connectivity index (χ1) is 19.6. The fourth-order valence-corrected chi connectivity index (χ4v) is 9.53. The van der Waals surface area contributed by atoms with Crippen LogP contribution in [0.4, 0.5) is 0 Å². The third-order valence-electron chi connectivity index (χ3n) is 9.01. The van der Waals surface area contributed by atoms with E-state index in [4.69, 9.17) is 4.74 Å². The van der Waals surface area contributed by atoms with Crippen molar-refractivity contribution in [2.45, 2.75) is 92.2 Å². The Bertz CT molecular complexity index is 1120. The van der Waals surface area contributed by atoms with Gasteiger partial charge in [-0.15, -0.1) is 0 Å². The van der Waals surface area contributed by atoms with E-state index in [-0.39, 0.29) is 10.9 Å². The fraction of sp³-hybridized carbons (Fsp3) is 0.472.